The smallest absolute Gasteiger partial charge is 0.225 e. The van der Waals surface area contributed by atoms with E-state index in [1.807, 2.05) is 13.0 Å². The van der Waals surface area contributed by atoms with Crippen LogP contribution in [0, 0.1) is 6.92 Å². The zero-order valence-electron chi connectivity index (χ0n) is 13.4. The van der Waals surface area contributed by atoms with E-state index in [1.165, 1.54) is 6.92 Å². The van der Waals surface area contributed by atoms with E-state index in [1.54, 1.807) is 18.6 Å². The second-order valence-electron chi connectivity index (χ2n) is 5.64. The number of nitrogens with one attached hydrogen (secondary N) is 1. The van der Waals surface area contributed by atoms with E-state index in [0.717, 1.165) is 42.4 Å². The maximum atomic E-state index is 11.2. The Balaban J connectivity index is 1.93. The van der Waals surface area contributed by atoms with E-state index in [0.29, 0.717) is 6.54 Å². The highest BCUT2D eigenvalue weighted by molar-refractivity contribution is 5.72. The van der Waals surface area contributed by atoms with Gasteiger partial charge in [0.2, 0.25) is 11.9 Å². The highest BCUT2D eigenvalue weighted by atomic mass is 16.1. The molecule has 1 aliphatic heterocycles. The molecule has 0 spiro atoms. The molecule has 0 aliphatic carbocycles. The van der Waals surface area contributed by atoms with E-state index in [-0.39, 0.29) is 11.9 Å². The lowest BCUT2D eigenvalue weighted by atomic mass is 10.1. The largest absolute Gasteiger partial charge is 0.352 e. The predicted molar refractivity (Wildman–Crippen MR) is 85.6 cm³/mol. The molecule has 1 fully saturated rings. The fourth-order valence-electron chi connectivity index (χ4n) is 2.89. The second-order valence-corrected chi connectivity index (χ2v) is 5.64. The number of rotatable bonds is 4. The second kappa shape index (κ2) is 6.68. The van der Waals surface area contributed by atoms with Crippen molar-refractivity contribution in [3.63, 3.8) is 0 Å². The summed E-state index contributed by atoms with van der Waals surface area (Å²) in [5, 5.41) is 2.83. The quantitative estimate of drug-likeness (QED) is 0.922. The first-order valence-electron chi connectivity index (χ1n) is 7.75. The van der Waals surface area contributed by atoms with Crippen molar-refractivity contribution >= 4 is 11.9 Å². The zero-order valence-corrected chi connectivity index (χ0v) is 13.4. The van der Waals surface area contributed by atoms with Crippen molar-refractivity contribution in [2.75, 3.05) is 11.4 Å². The highest BCUT2D eigenvalue weighted by Gasteiger charge is 2.31. The van der Waals surface area contributed by atoms with Crippen molar-refractivity contribution in [2.24, 2.45) is 0 Å². The van der Waals surface area contributed by atoms with Crippen LogP contribution in [-0.4, -0.2) is 32.4 Å². The minimum absolute atomic E-state index is 0.0637. The lowest BCUT2D eigenvalue weighted by molar-refractivity contribution is -0.119. The molecule has 1 N–H and O–H groups in total. The van der Waals surface area contributed by atoms with Gasteiger partial charge in [-0.05, 0) is 25.8 Å². The first-order valence-corrected chi connectivity index (χ1v) is 7.75. The van der Waals surface area contributed by atoms with Crippen LogP contribution in [0.2, 0.25) is 0 Å². The summed E-state index contributed by atoms with van der Waals surface area (Å²) in [5.41, 5.74) is 1.90. The van der Waals surface area contributed by atoms with Crippen LogP contribution in [0.25, 0.3) is 0 Å². The molecule has 0 saturated carbocycles. The van der Waals surface area contributed by atoms with Crippen molar-refractivity contribution in [1.82, 2.24) is 25.3 Å². The Kier molecular flexibility index (Phi) is 4.45. The normalized spacial score (nSPS) is 17.3. The van der Waals surface area contributed by atoms with Crippen molar-refractivity contribution in [3.8, 4) is 0 Å². The highest BCUT2D eigenvalue weighted by Crippen LogP contribution is 2.34. The number of hydrogen-bond donors (Lipinski definition) is 1. The van der Waals surface area contributed by atoms with E-state index in [2.05, 4.69) is 30.2 Å². The summed E-state index contributed by atoms with van der Waals surface area (Å²) < 4.78 is 0. The molecule has 1 saturated heterocycles. The molecule has 2 aromatic heterocycles. The summed E-state index contributed by atoms with van der Waals surface area (Å²) in [4.78, 5) is 31.1. The maximum Gasteiger partial charge on any atom is 0.225 e. The Labute approximate surface area is 135 Å². The molecule has 0 aromatic carbocycles. The molecule has 2 aromatic rings. The fraction of sp³-hybridized carbons (Fsp3) is 0.438. The van der Waals surface area contributed by atoms with Gasteiger partial charge in [-0.1, -0.05) is 0 Å². The summed E-state index contributed by atoms with van der Waals surface area (Å²) in [6, 6.07) is 1.92. The minimum atomic E-state index is -0.0637. The molecule has 0 radical (unpaired) electrons. The van der Waals surface area contributed by atoms with Gasteiger partial charge in [-0.25, -0.2) is 19.9 Å². The summed E-state index contributed by atoms with van der Waals surface area (Å²) in [7, 11) is 0. The summed E-state index contributed by atoms with van der Waals surface area (Å²) in [6.45, 7) is 4.72. The van der Waals surface area contributed by atoms with Gasteiger partial charge in [0.1, 0.15) is 5.82 Å². The van der Waals surface area contributed by atoms with Crippen molar-refractivity contribution in [2.45, 2.75) is 39.3 Å². The van der Waals surface area contributed by atoms with Gasteiger partial charge >= 0.3 is 0 Å². The van der Waals surface area contributed by atoms with Gasteiger partial charge in [0.25, 0.3) is 0 Å². The molecule has 120 valence electrons. The van der Waals surface area contributed by atoms with Gasteiger partial charge in [0.15, 0.2) is 0 Å². The van der Waals surface area contributed by atoms with Crippen LogP contribution in [0.3, 0.4) is 0 Å². The average molecular weight is 312 g/mol. The third kappa shape index (κ3) is 3.44. The van der Waals surface area contributed by atoms with Crippen LogP contribution < -0.4 is 10.2 Å². The molecule has 7 nitrogen and oxygen atoms in total. The van der Waals surface area contributed by atoms with Gasteiger partial charge in [0.05, 0.1) is 11.7 Å². The van der Waals surface area contributed by atoms with Gasteiger partial charge in [-0.2, -0.15) is 0 Å². The van der Waals surface area contributed by atoms with Crippen molar-refractivity contribution in [3.05, 3.63) is 41.7 Å². The molecular weight excluding hydrogens is 292 g/mol. The maximum absolute atomic E-state index is 11.2. The fourth-order valence-corrected chi connectivity index (χ4v) is 2.89. The number of carbonyl (C=O) groups is 1. The molecule has 1 atom stereocenters. The summed E-state index contributed by atoms with van der Waals surface area (Å²) >= 11 is 0. The Morgan fingerprint density at radius 3 is 2.87 bits per heavy atom. The molecule has 7 heteroatoms. The van der Waals surface area contributed by atoms with Gasteiger partial charge in [-0.3, -0.25) is 4.79 Å². The lowest BCUT2D eigenvalue weighted by Crippen LogP contribution is -2.28. The summed E-state index contributed by atoms with van der Waals surface area (Å²) in [5.74, 6) is 1.38. The van der Waals surface area contributed by atoms with Crippen LogP contribution in [0.15, 0.2) is 24.7 Å². The van der Waals surface area contributed by atoms with E-state index in [9.17, 15) is 4.79 Å². The third-order valence-electron chi connectivity index (χ3n) is 3.92. The molecule has 0 unspecified atom stereocenters. The molecule has 3 rings (SSSR count). The monoisotopic (exact) mass is 312 g/mol. The number of nitrogens with zero attached hydrogens (tertiary/aromatic N) is 5. The zero-order chi connectivity index (χ0) is 16.2. The Hall–Kier alpha value is -2.57. The van der Waals surface area contributed by atoms with Gasteiger partial charge < -0.3 is 10.2 Å². The Morgan fingerprint density at radius 1 is 1.35 bits per heavy atom. The van der Waals surface area contributed by atoms with Crippen molar-refractivity contribution < 1.29 is 4.79 Å². The first kappa shape index (κ1) is 15.3. The Morgan fingerprint density at radius 2 is 2.13 bits per heavy atom. The Bertz CT molecular complexity index is 690. The lowest BCUT2D eigenvalue weighted by Gasteiger charge is -2.25. The molecule has 3 heterocycles. The van der Waals surface area contributed by atoms with Crippen LogP contribution in [-0.2, 0) is 11.3 Å². The van der Waals surface area contributed by atoms with Crippen LogP contribution in [0.4, 0.5) is 5.95 Å². The standard InChI is InChI=1S/C16H20N6O/c1-11-19-9-13(10-20-12(2)23)15(21-11)14-5-3-8-22(14)16-17-6-4-7-18-16/h4,6-7,9,14H,3,5,8,10H2,1-2H3,(H,20,23)/t14-/m0/s1. The number of anilines is 1. The van der Waals surface area contributed by atoms with E-state index in [4.69, 9.17) is 0 Å². The van der Waals surface area contributed by atoms with Gasteiger partial charge in [-0.15, -0.1) is 0 Å². The first-order chi connectivity index (χ1) is 11.1. The van der Waals surface area contributed by atoms with Crippen LogP contribution in [0.5, 0.6) is 0 Å². The minimum Gasteiger partial charge on any atom is -0.352 e. The average Bonchev–Trinajstić information content (AvgIpc) is 3.03. The number of carbonyl (C=O) groups excluding carboxylic acids is 1. The molecule has 1 aliphatic rings. The predicted octanol–water partition coefficient (Wildman–Crippen LogP) is 1.55. The third-order valence-corrected chi connectivity index (χ3v) is 3.92. The molecule has 0 bridgehead atoms. The molecule has 1 amide bonds. The van der Waals surface area contributed by atoms with E-state index >= 15 is 0 Å². The number of hydrogen-bond acceptors (Lipinski definition) is 6. The van der Waals surface area contributed by atoms with Crippen LogP contribution in [0.1, 0.15) is 42.9 Å². The van der Waals surface area contributed by atoms with Crippen LogP contribution >= 0.6 is 0 Å². The molecular formula is C16H20N6O. The number of amides is 1. The summed E-state index contributed by atoms with van der Waals surface area (Å²) in [6.07, 6.45) is 7.35. The van der Waals surface area contributed by atoms with Gasteiger partial charge in [0, 0.05) is 44.2 Å². The number of aryl methyl sites for hydroxylation is 1. The topological polar surface area (TPSA) is 83.9 Å². The molecule has 23 heavy (non-hydrogen) atoms. The van der Waals surface area contributed by atoms with Crippen molar-refractivity contribution in [1.29, 1.82) is 0 Å². The van der Waals surface area contributed by atoms with E-state index < -0.39 is 0 Å². The SMILES string of the molecule is CC(=O)NCc1cnc(C)nc1[C@@H]1CCCN1c1ncccn1. The number of aromatic nitrogens is 4.